The van der Waals surface area contributed by atoms with Crippen LogP contribution in [0.3, 0.4) is 0 Å². The second-order valence-corrected chi connectivity index (χ2v) is 10.1. The third kappa shape index (κ3) is 5.48. The van der Waals surface area contributed by atoms with E-state index >= 15 is 0 Å². The Morgan fingerprint density at radius 1 is 1.12 bits per heavy atom. The van der Waals surface area contributed by atoms with E-state index in [0.29, 0.717) is 27.7 Å². The summed E-state index contributed by atoms with van der Waals surface area (Å²) in [6.45, 7) is 1.27. The summed E-state index contributed by atoms with van der Waals surface area (Å²) in [6, 6.07) is 13.4. The summed E-state index contributed by atoms with van der Waals surface area (Å²) in [5, 5.41) is 9.39. The van der Waals surface area contributed by atoms with E-state index in [0.717, 1.165) is 4.57 Å². The number of aromatic carboxylic acids is 1. The molecule has 0 saturated heterocycles. The number of alkyl halides is 3. The quantitative estimate of drug-likeness (QED) is 0.313. The number of carbonyl (C=O) groups excluding carboxylic acids is 1. The average molecular weight is 603 g/mol. The fraction of sp³-hybridized carbons (Fsp3) is 0.143. The number of carboxylic acid groups (broad SMARTS) is 1. The number of carboxylic acids is 1. The minimum atomic E-state index is -5.02. The Bertz CT molecular complexity index is 1870. The topological polar surface area (TPSA) is 111 Å². The van der Waals surface area contributed by atoms with Gasteiger partial charge in [0.2, 0.25) is 0 Å². The van der Waals surface area contributed by atoms with Gasteiger partial charge in [0, 0.05) is 16.7 Å². The first-order chi connectivity index (χ1) is 19.5. The second-order valence-electron chi connectivity index (χ2n) is 8.70. The highest BCUT2D eigenvalue weighted by Gasteiger charge is 2.45. The lowest BCUT2D eigenvalue weighted by Crippen LogP contribution is -2.41. The normalized spacial score (nSPS) is 15.4. The molecular weight excluding hydrogens is 585 g/mol. The molecule has 1 aliphatic rings. The molecule has 0 fully saturated rings. The number of allylic oxidation sites excluding steroid dienone is 1. The summed E-state index contributed by atoms with van der Waals surface area (Å²) in [4.78, 5) is 41.1. The van der Waals surface area contributed by atoms with E-state index in [1.807, 2.05) is 0 Å². The summed E-state index contributed by atoms with van der Waals surface area (Å²) in [5.41, 5.74) is -2.09. The van der Waals surface area contributed by atoms with Gasteiger partial charge in [-0.15, -0.1) is 0 Å². The molecular formula is C28H18ClF3N2O6S. The zero-order valence-corrected chi connectivity index (χ0v) is 22.5. The van der Waals surface area contributed by atoms with Crippen molar-refractivity contribution in [2.24, 2.45) is 4.99 Å². The van der Waals surface area contributed by atoms with Gasteiger partial charge in [-0.1, -0.05) is 47.2 Å². The van der Waals surface area contributed by atoms with Crippen LogP contribution in [0.15, 0.2) is 86.1 Å². The van der Waals surface area contributed by atoms with Crippen LogP contribution in [0.2, 0.25) is 5.02 Å². The molecule has 0 radical (unpaired) electrons. The minimum absolute atomic E-state index is 0.0106. The van der Waals surface area contributed by atoms with Crippen molar-refractivity contribution in [3.63, 3.8) is 0 Å². The first kappa shape index (κ1) is 28.1. The lowest BCUT2D eigenvalue weighted by Gasteiger charge is -2.26. The monoisotopic (exact) mass is 602 g/mol. The number of aromatic nitrogens is 1. The number of furan rings is 1. The molecule has 1 atom stereocenters. The van der Waals surface area contributed by atoms with Crippen molar-refractivity contribution in [3.05, 3.63) is 114 Å². The van der Waals surface area contributed by atoms with Crippen molar-refractivity contribution < 1.29 is 37.0 Å². The van der Waals surface area contributed by atoms with Crippen LogP contribution in [0.1, 0.15) is 34.6 Å². The molecule has 13 heteroatoms. The highest BCUT2D eigenvalue weighted by Crippen LogP contribution is 2.38. The molecule has 1 N–H and O–H groups in total. The van der Waals surface area contributed by atoms with Gasteiger partial charge >= 0.3 is 18.1 Å². The van der Waals surface area contributed by atoms with Gasteiger partial charge in [-0.05, 0) is 48.9 Å². The molecule has 210 valence electrons. The smallest absolute Gasteiger partial charge is 0.434 e. The molecule has 8 nitrogen and oxygen atoms in total. The van der Waals surface area contributed by atoms with Crippen LogP contribution in [0.25, 0.3) is 17.4 Å². The first-order valence-corrected chi connectivity index (χ1v) is 13.2. The Balaban J connectivity index is 1.66. The van der Waals surface area contributed by atoms with Crippen molar-refractivity contribution in [2.75, 3.05) is 6.61 Å². The van der Waals surface area contributed by atoms with Gasteiger partial charge in [0.25, 0.3) is 5.56 Å². The van der Waals surface area contributed by atoms with Crippen LogP contribution in [0.4, 0.5) is 13.2 Å². The lowest BCUT2D eigenvalue weighted by molar-refractivity contribution is -0.140. The number of hydrogen-bond acceptors (Lipinski definition) is 7. The molecule has 2 aromatic heterocycles. The maximum atomic E-state index is 14.2. The largest absolute Gasteiger partial charge is 0.478 e. The molecule has 0 amide bonds. The second kappa shape index (κ2) is 10.9. The fourth-order valence-electron chi connectivity index (χ4n) is 4.29. The van der Waals surface area contributed by atoms with E-state index in [1.54, 1.807) is 24.3 Å². The Kier molecular flexibility index (Phi) is 7.45. The Morgan fingerprint density at radius 3 is 2.41 bits per heavy atom. The van der Waals surface area contributed by atoms with E-state index in [2.05, 4.69) is 4.99 Å². The average Bonchev–Trinajstić information content (AvgIpc) is 3.52. The highest BCUT2D eigenvalue weighted by molar-refractivity contribution is 7.07. The van der Waals surface area contributed by atoms with E-state index in [-0.39, 0.29) is 32.8 Å². The number of carbonyl (C=O) groups is 2. The molecule has 1 aliphatic heterocycles. The van der Waals surface area contributed by atoms with E-state index in [1.165, 1.54) is 49.4 Å². The summed E-state index contributed by atoms with van der Waals surface area (Å²) < 4.78 is 54.4. The molecule has 41 heavy (non-hydrogen) atoms. The summed E-state index contributed by atoms with van der Waals surface area (Å²) in [6.07, 6.45) is -3.66. The van der Waals surface area contributed by atoms with Crippen LogP contribution >= 0.6 is 22.9 Å². The molecule has 0 spiro atoms. The third-order valence-electron chi connectivity index (χ3n) is 6.10. The van der Waals surface area contributed by atoms with Crippen LogP contribution in [-0.4, -0.2) is 34.4 Å². The summed E-state index contributed by atoms with van der Waals surface area (Å²) in [5.74, 6) is -1.73. The Hall–Kier alpha value is -4.42. The van der Waals surface area contributed by atoms with Crippen molar-refractivity contribution in [1.29, 1.82) is 0 Å². The van der Waals surface area contributed by atoms with E-state index < -0.39 is 41.0 Å². The SMILES string of the molecule is CCOC(=O)C1=C(C(F)(F)F)N=c2s/c(=C\c3ccc(-c4ccc(C(=O)O)cc4)o3)c(=O)n2[C@@H]1c1ccc(Cl)cc1. The van der Waals surface area contributed by atoms with Crippen molar-refractivity contribution in [1.82, 2.24) is 4.57 Å². The maximum Gasteiger partial charge on any atom is 0.434 e. The van der Waals surface area contributed by atoms with Crippen LogP contribution in [0.5, 0.6) is 0 Å². The van der Waals surface area contributed by atoms with Gasteiger partial charge in [0.15, 0.2) is 10.5 Å². The van der Waals surface area contributed by atoms with Crippen molar-refractivity contribution in [3.8, 4) is 11.3 Å². The van der Waals surface area contributed by atoms with Gasteiger partial charge < -0.3 is 14.3 Å². The molecule has 0 unspecified atom stereocenters. The van der Waals surface area contributed by atoms with Gasteiger partial charge in [-0.2, -0.15) is 13.2 Å². The molecule has 3 heterocycles. The van der Waals surface area contributed by atoms with E-state index in [4.69, 9.17) is 25.9 Å². The predicted molar refractivity (Wildman–Crippen MR) is 143 cm³/mol. The summed E-state index contributed by atoms with van der Waals surface area (Å²) >= 11 is 6.69. The molecule has 0 saturated carbocycles. The molecule has 0 bridgehead atoms. The Labute approximate surface area is 237 Å². The van der Waals surface area contributed by atoms with Gasteiger partial charge in [0.1, 0.15) is 11.5 Å². The van der Waals surface area contributed by atoms with E-state index in [9.17, 15) is 27.6 Å². The number of hydrogen-bond donors (Lipinski definition) is 1. The number of thiazole rings is 1. The number of esters is 1. The maximum absolute atomic E-state index is 14.2. The zero-order valence-electron chi connectivity index (χ0n) is 20.9. The minimum Gasteiger partial charge on any atom is -0.478 e. The number of ether oxygens (including phenoxy) is 1. The van der Waals surface area contributed by atoms with Gasteiger partial charge in [0.05, 0.1) is 28.3 Å². The van der Waals surface area contributed by atoms with Crippen LogP contribution in [-0.2, 0) is 9.53 Å². The number of nitrogens with zero attached hydrogens (tertiary/aromatic N) is 2. The summed E-state index contributed by atoms with van der Waals surface area (Å²) in [7, 11) is 0. The molecule has 0 aliphatic carbocycles. The molecule has 5 rings (SSSR count). The molecule has 4 aromatic rings. The lowest BCUT2D eigenvalue weighted by atomic mass is 9.95. The fourth-order valence-corrected chi connectivity index (χ4v) is 5.40. The zero-order chi connectivity index (χ0) is 29.5. The third-order valence-corrected chi connectivity index (χ3v) is 7.33. The van der Waals surface area contributed by atoms with Gasteiger partial charge in [-0.25, -0.2) is 14.6 Å². The standard InChI is InChI=1S/C28H18ClF3N2O6S/c1-2-39-26(38)21-22(15-7-9-17(29)10-8-15)34-24(35)20(41-27(34)33-23(21)28(30,31)32)13-18-11-12-19(40-18)14-3-5-16(6-4-14)25(36)37/h3-13,22H,2H2,1H3,(H,36,37)/b20-13-/t22-/m1/s1. The van der Waals surface area contributed by atoms with Crippen LogP contribution in [0, 0.1) is 0 Å². The molecule has 2 aromatic carbocycles. The van der Waals surface area contributed by atoms with Gasteiger partial charge in [-0.3, -0.25) is 9.36 Å². The number of benzene rings is 2. The number of fused-ring (bicyclic) bond motifs is 1. The number of rotatable bonds is 6. The van der Waals surface area contributed by atoms with Crippen molar-refractivity contribution >= 4 is 41.0 Å². The number of halogens is 4. The highest BCUT2D eigenvalue weighted by atomic mass is 35.5. The van der Waals surface area contributed by atoms with Crippen molar-refractivity contribution in [2.45, 2.75) is 19.1 Å². The predicted octanol–water partition coefficient (Wildman–Crippen LogP) is 4.95. The Morgan fingerprint density at radius 2 is 1.80 bits per heavy atom. The first-order valence-electron chi connectivity index (χ1n) is 12.0. The van der Waals surface area contributed by atoms with Crippen LogP contribution < -0.4 is 14.9 Å².